The van der Waals surface area contributed by atoms with E-state index in [1.54, 1.807) is 7.05 Å². The van der Waals surface area contributed by atoms with Crippen molar-refractivity contribution >= 4 is 36.5 Å². The van der Waals surface area contributed by atoms with Crippen molar-refractivity contribution in [2.45, 2.75) is 46.0 Å². The van der Waals surface area contributed by atoms with Crippen molar-refractivity contribution in [1.29, 1.82) is 5.41 Å². The topological polar surface area (TPSA) is 54.7 Å². The molecule has 2 radical (unpaired) electrons. The zero-order valence-electron chi connectivity index (χ0n) is 22.1. The molecule has 0 spiro atoms. The number of nitrogens with one attached hydrogen (secondary N) is 2. The number of amidine groups is 1. The summed E-state index contributed by atoms with van der Waals surface area (Å²) in [4.78, 5) is 8.65. The predicted octanol–water partition coefficient (Wildman–Crippen LogP) is 6.51. The van der Waals surface area contributed by atoms with Gasteiger partial charge in [-0.05, 0) is 67.6 Å². The fourth-order valence-corrected chi connectivity index (χ4v) is 5.23. The third-order valence-electron chi connectivity index (χ3n) is 7.06. The van der Waals surface area contributed by atoms with Crippen LogP contribution in [0.3, 0.4) is 0 Å². The van der Waals surface area contributed by atoms with Crippen molar-refractivity contribution in [2.75, 3.05) is 35.3 Å². The van der Waals surface area contributed by atoms with Crippen molar-refractivity contribution in [3.63, 3.8) is 0 Å². The monoisotopic (exact) mass is 495 g/mol. The molecule has 0 aromatic heterocycles. The molecule has 2 aliphatic heterocycles. The lowest BCUT2D eigenvalue weighted by Gasteiger charge is -2.36. The highest BCUT2D eigenvalue weighted by Crippen LogP contribution is 2.36. The molecule has 1 saturated heterocycles. The van der Waals surface area contributed by atoms with E-state index in [1.807, 2.05) is 19.1 Å². The van der Waals surface area contributed by atoms with E-state index in [2.05, 4.69) is 58.4 Å². The van der Waals surface area contributed by atoms with Gasteiger partial charge in [-0.3, -0.25) is 10.4 Å². The number of halogens is 1. The van der Waals surface area contributed by atoms with Crippen LogP contribution < -0.4 is 15.1 Å². The minimum atomic E-state index is -0.224. The molecule has 37 heavy (non-hydrogen) atoms. The number of nitrogens with zero attached hydrogens (tertiary/aromatic N) is 3. The Bertz CT molecular complexity index is 1310. The van der Waals surface area contributed by atoms with Gasteiger partial charge >= 0.3 is 0 Å². The Morgan fingerprint density at radius 2 is 1.95 bits per heavy atom. The first kappa shape index (κ1) is 26.5. The molecule has 0 unspecified atom stereocenters. The normalized spacial score (nSPS) is 16.6. The maximum atomic E-state index is 14.8. The molecular weight excluding hydrogens is 460 g/mol. The fourth-order valence-electron chi connectivity index (χ4n) is 5.23. The van der Waals surface area contributed by atoms with Crippen LogP contribution in [0.5, 0.6) is 0 Å². The molecule has 0 aliphatic carbocycles. The number of anilines is 3. The highest BCUT2D eigenvalue weighted by molar-refractivity contribution is 6.41. The summed E-state index contributed by atoms with van der Waals surface area (Å²) >= 11 is 0. The molecule has 0 saturated carbocycles. The highest BCUT2D eigenvalue weighted by Gasteiger charge is 2.27. The standard InChI is InChI=1S/C30H35BFN5/c1-6-8-22-10-11-23(18-26(22)32)35-30-21(4)36(16-14-25(30)29(34-5)20(3)31)24-12-13-27(19(2)17-24)37-15-7-9-28(37)33/h10-13,17-18,33,35H,3-4,6-9,14-16H2,1-2,5H3. The molecule has 2 N–H and O–H groups in total. The smallest absolute Gasteiger partial charge is 0.128 e. The van der Waals surface area contributed by atoms with Crippen LogP contribution in [0.15, 0.2) is 77.0 Å². The Morgan fingerprint density at radius 3 is 2.54 bits per heavy atom. The Hall–Kier alpha value is -3.61. The van der Waals surface area contributed by atoms with Crippen molar-refractivity contribution in [1.82, 2.24) is 0 Å². The van der Waals surface area contributed by atoms with Gasteiger partial charge in [-0.1, -0.05) is 31.5 Å². The zero-order chi connectivity index (χ0) is 26.7. The van der Waals surface area contributed by atoms with Crippen LogP contribution in [-0.4, -0.2) is 39.5 Å². The Kier molecular flexibility index (Phi) is 8.01. The first-order valence-corrected chi connectivity index (χ1v) is 12.9. The first-order chi connectivity index (χ1) is 17.7. The van der Waals surface area contributed by atoms with E-state index in [4.69, 9.17) is 13.3 Å². The van der Waals surface area contributed by atoms with Crippen LogP contribution in [0.2, 0.25) is 0 Å². The highest BCUT2D eigenvalue weighted by atomic mass is 19.1. The van der Waals surface area contributed by atoms with E-state index in [1.165, 1.54) is 6.07 Å². The molecule has 2 aromatic carbocycles. The number of rotatable bonds is 8. The Morgan fingerprint density at radius 1 is 1.16 bits per heavy atom. The SMILES string of the molecule is [B]C(=C)C(=NC)C1=C(Nc2ccc(CCC)c(F)c2)C(=C)N(c2ccc(N3CCCC3=N)c(C)c2)CC1. The molecular formula is C30H35BFN5. The maximum absolute atomic E-state index is 14.8. The van der Waals surface area contributed by atoms with Gasteiger partial charge in [0.2, 0.25) is 0 Å². The van der Waals surface area contributed by atoms with Crippen molar-refractivity contribution in [3.8, 4) is 0 Å². The van der Waals surface area contributed by atoms with E-state index in [0.717, 1.165) is 59.7 Å². The van der Waals surface area contributed by atoms with Crippen LogP contribution in [0.25, 0.3) is 0 Å². The summed E-state index contributed by atoms with van der Waals surface area (Å²) in [5.41, 5.74) is 7.98. The number of hydrogen-bond donors (Lipinski definition) is 2. The molecule has 0 bridgehead atoms. The lowest BCUT2D eigenvalue weighted by molar-refractivity contribution is 0.608. The lowest BCUT2D eigenvalue weighted by Crippen LogP contribution is -2.34. The summed E-state index contributed by atoms with van der Waals surface area (Å²) < 4.78 is 14.8. The molecule has 2 aromatic rings. The third kappa shape index (κ3) is 5.41. The summed E-state index contributed by atoms with van der Waals surface area (Å²) in [5.74, 6) is 0.446. The van der Waals surface area contributed by atoms with Gasteiger partial charge in [0, 0.05) is 49.2 Å². The first-order valence-electron chi connectivity index (χ1n) is 12.9. The lowest BCUT2D eigenvalue weighted by atomic mass is 9.84. The second-order valence-electron chi connectivity index (χ2n) is 9.65. The van der Waals surface area contributed by atoms with E-state index in [0.29, 0.717) is 47.7 Å². The van der Waals surface area contributed by atoms with Crippen molar-refractivity contribution in [3.05, 3.63) is 88.9 Å². The quantitative estimate of drug-likeness (QED) is 0.324. The molecule has 1 fully saturated rings. The largest absolute Gasteiger partial charge is 0.353 e. The van der Waals surface area contributed by atoms with Crippen LogP contribution in [0.1, 0.15) is 43.7 Å². The Balaban J connectivity index is 1.70. The summed E-state index contributed by atoms with van der Waals surface area (Å²) in [6.07, 6.45) is 4.08. The van der Waals surface area contributed by atoms with Gasteiger partial charge in [0.15, 0.2) is 0 Å². The van der Waals surface area contributed by atoms with Gasteiger partial charge in [0.1, 0.15) is 19.5 Å². The van der Waals surface area contributed by atoms with Crippen molar-refractivity contribution in [2.24, 2.45) is 4.99 Å². The van der Waals surface area contributed by atoms with E-state index < -0.39 is 0 Å². The van der Waals surface area contributed by atoms with E-state index >= 15 is 0 Å². The van der Waals surface area contributed by atoms with Crippen LogP contribution in [-0.2, 0) is 6.42 Å². The van der Waals surface area contributed by atoms with Gasteiger partial charge in [-0.2, -0.15) is 0 Å². The number of allylic oxidation sites excluding steroid dienone is 1. The number of aryl methyl sites for hydroxylation is 2. The van der Waals surface area contributed by atoms with Crippen molar-refractivity contribution < 1.29 is 4.39 Å². The summed E-state index contributed by atoms with van der Waals surface area (Å²) in [7, 11) is 7.80. The maximum Gasteiger partial charge on any atom is 0.128 e. The van der Waals surface area contributed by atoms with Gasteiger partial charge in [-0.25, -0.2) is 4.39 Å². The third-order valence-corrected chi connectivity index (χ3v) is 7.06. The molecule has 0 amide bonds. The second-order valence-corrected chi connectivity index (χ2v) is 9.65. The summed E-state index contributed by atoms with van der Waals surface area (Å²) in [6, 6.07) is 11.6. The summed E-state index contributed by atoms with van der Waals surface area (Å²) in [6.45, 7) is 14.0. The van der Waals surface area contributed by atoms with Gasteiger partial charge in [0.05, 0.1) is 17.1 Å². The van der Waals surface area contributed by atoms with Gasteiger partial charge in [0.25, 0.3) is 0 Å². The van der Waals surface area contributed by atoms with Crippen LogP contribution >= 0.6 is 0 Å². The van der Waals surface area contributed by atoms with Gasteiger partial charge < -0.3 is 15.1 Å². The molecule has 190 valence electrons. The number of aliphatic imine (C=N–C) groups is 1. The van der Waals surface area contributed by atoms with E-state index in [9.17, 15) is 4.39 Å². The molecule has 2 heterocycles. The number of hydrogen-bond acceptors (Lipinski definition) is 4. The molecule has 7 heteroatoms. The zero-order valence-corrected chi connectivity index (χ0v) is 22.1. The van der Waals surface area contributed by atoms with Crippen LogP contribution in [0.4, 0.5) is 21.5 Å². The van der Waals surface area contributed by atoms with E-state index in [-0.39, 0.29) is 5.82 Å². The molecule has 2 aliphatic rings. The fraction of sp³-hybridized carbons (Fsp3) is 0.333. The minimum absolute atomic E-state index is 0.224. The summed E-state index contributed by atoms with van der Waals surface area (Å²) in [5, 5.41) is 11.7. The van der Waals surface area contributed by atoms with Crippen LogP contribution in [0, 0.1) is 18.2 Å². The molecule has 5 nitrogen and oxygen atoms in total. The van der Waals surface area contributed by atoms with Gasteiger partial charge in [-0.15, -0.1) is 6.58 Å². The molecule has 0 atom stereocenters. The molecule has 4 rings (SSSR count). The second kappa shape index (κ2) is 11.2. The average Bonchev–Trinajstić information content (AvgIpc) is 3.28. The minimum Gasteiger partial charge on any atom is -0.353 e. The average molecular weight is 495 g/mol. The number of benzene rings is 2. The predicted molar refractivity (Wildman–Crippen MR) is 156 cm³/mol. The Labute approximate surface area is 221 Å².